The number of aromatic nitrogens is 2. The van der Waals surface area contributed by atoms with Crippen LogP contribution in [0.4, 0.5) is 5.82 Å². The maximum atomic E-state index is 5.92. The molecule has 2 aromatic rings. The van der Waals surface area contributed by atoms with Crippen molar-refractivity contribution in [1.29, 1.82) is 0 Å². The first-order valence-corrected chi connectivity index (χ1v) is 6.85. The zero-order valence-corrected chi connectivity index (χ0v) is 12.7. The van der Waals surface area contributed by atoms with E-state index in [2.05, 4.69) is 37.3 Å². The maximum absolute atomic E-state index is 5.92. The van der Waals surface area contributed by atoms with Crippen molar-refractivity contribution in [2.45, 2.75) is 13.2 Å². The molecular formula is C13H13BrClN3O. The SMILES string of the molecule is COCc1ccccc1CNc1ncnc(Cl)c1Br. The predicted molar refractivity (Wildman–Crippen MR) is 79.2 cm³/mol. The number of halogens is 2. The van der Waals surface area contributed by atoms with Crippen LogP contribution in [0.15, 0.2) is 35.1 Å². The lowest BCUT2D eigenvalue weighted by Gasteiger charge is -2.11. The molecule has 6 heteroatoms. The molecule has 0 bridgehead atoms. The summed E-state index contributed by atoms with van der Waals surface area (Å²) in [6.07, 6.45) is 1.43. The molecular weight excluding hydrogens is 330 g/mol. The van der Waals surface area contributed by atoms with Crippen molar-refractivity contribution < 1.29 is 4.74 Å². The molecule has 0 atom stereocenters. The average Bonchev–Trinajstić information content (AvgIpc) is 2.42. The zero-order valence-electron chi connectivity index (χ0n) is 10.4. The third-order valence-corrected chi connectivity index (χ3v) is 3.88. The fraction of sp³-hybridized carbons (Fsp3) is 0.231. The van der Waals surface area contributed by atoms with E-state index in [1.807, 2.05) is 18.2 Å². The largest absolute Gasteiger partial charge is 0.380 e. The van der Waals surface area contributed by atoms with Crippen LogP contribution in [0, 0.1) is 0 Å². The molecule has 0 fully saturated rings. The molecule has 1 aromatic carbocycles. The fourth-order valence-electron chi connectivity index (χ4n) is 1.68. The van der Waals surface area contributed by atoms with Gasteiger partial charge in [-0.1, -0.05) is 35.9 Å². The molecule has 19 heavy (non-hydrogen) atoms. The number of hydrogen-bond donors (Lipinski definition) is 1. The number of hydrogen-bond acceptors (Lipinski definition) is 4. The van der Waals surface area contributed by atoms with Crippen molar-refractivity contribution >= 4 is 33.3 Å². The van der Waals surface area contributed by atoms with E-state index in [-0.39, 0.29) is 0 Å². The van der Waals surface area contributed by atoms with Crippen LogP contribution >= 0.6 is 27.5 Å². The first-order chi connectivity index (χ1) is 9.22. The second-order valence-corrected chi connectivity index (χ2v) is 5.03. The standard InChI is InChI=1S/C13H13BrClN3O/c1-19-7-10-5-3-2-4-9(10)6-16-13-11(14)12(15)17-8-18-13/h2-5,8H,6-7H2,1H3,(H,16,17,18). The molecule has 0 spiro atoms. The molecule has 1 aromatic heterocycles. The molecule has 0 unspecified atom stereocenters. The van der Waals surface area contributed by atoms with Crippen LogP contribution in [-0.4, -0.2) is 17.1 Å². The summed E-state index contributed by atoms with van der Waals surface area (Å²) in [5.74, 6) is 0.673. The van der Waals surface area contributed by atoms with Crippen LogP contribution in [-0.2, 0) is 17.9 Å². The summed E-state index contributed by atoms with van der Waals surface area (Å²) in [6.45, 7) is 1.23. The highest BCUT2D eigenvalue weighted by molar-refractivity contribution is 9.10. The Labute approximate surface area is 125 Å². The average molecular weight is 343 g/mol. The normalized spacial score (nSPS) is 10.5. The van der Waals surface area contributed by atoms with Gasteiger partial charge in [0.1, 0.15) is 17.3 Å². The maximum Gasteiger partial charge on any atom is 0.148 e. The van der Waals surface area contributed by atoms with E-state index in [1.54, 1.807) is 7.11 Å². The van der Waals surface area contributed by atoms with Gasteiger partial charge in [0, 0.05) is 13.7 Å². The second kappa shape index (κ2) is 6.84. The molecule has 0 saturated carbocycles. The Kier molecular flexibility index (Phi) is 5.13. The van der Waals surface area contributed by atoms with Crippen LogP contribution in [0.5, 0.6) is 0 Å². The topological polar surface area (TPSA) is 47.0 Å². The Morgan fingerprint density at radius 2 is 2.00 bits per heavy atom. The Balaban J connectivity index is 2.12. The second-order valence-electron chi connectivity index (χ2n) is 3.88. The third-order valence-electron chi connectivity index (χ3n) is 2.61. The van der Waals surface area contributed by atoms with Gasteiger partial charge in [0.25, 0.3) is 0 Å². The van der Waals surface area contributed by atoms with Gasteiger partial charge in [0.05, 0.1) is 11.1 Å². The van der Waals surface area contributed by atoms with Gasteiger partial charge in [-0.3, -0.25) is 0 Å². The number of benzene rings is 1. The Bertz CT molecular complexity index is 565. The quantitative estimate of drug-likeness (QED) is 0.843. The Morgan fingerprint density at radius 1 is 1.26 bits per heavy atom. The molecule has 0 aliphatic carbocycles. The van der Waals surface area contributed by atoms with Gasteiger partial charge in [-0.2, -0.15) is 0 Å². The summed E-state index contributed by atoms with van der Waals surface area (Å²) in [5, 5.41) is 3.62. The van der Waals surface area contributed by atoms with E-state index in [9.17, 15) is 0 Å². The molecule has 1 N–H and O–H groups in total. The van der Waals surface area contributed by atoms with E-state index >= 15 is 0 Å². The summed E-state index contributed by atoms with van der Waals surface area (Å²) >= 11 is 9.28. The summed E-state index contributed by atoms with van der Waals surface area (Å²) < 4.78 is 5.85. The van der Waals surface area contributed by atoms with Crippen molar-refractivity contribution in [3.63, 3.8) is 0 Å². The molecule has 0 radical (unpaired) electrons. The molecule has 2 rings (SSSR count). The minimum atomic E-state index is 0.391. The van der Waals surface area contributed by atoms with Crippen molar-refractivity contribution in [1.82, 2.24) is 9.97 Å². The van der Waals surface area contributed by atoms with E-state index in [4.69, 9.17) is 16.3 Å². The van der Waals surface area contributed by atoms with Crippen LogP contribution in [0.25, 0.3) is 0 Å². The van der Waals surface area contributed by atoms with Gasteiger partial charge in [-0.05, 0) is 27.1 Å². The van der Waals surface area contributed by atoms with Crippen molar-refractivity contribution in [2.75, 3.05) is 12.4 Å². The van der Waals surface area contributed by atoms with Crippen LogP contribution in [0.1, 0.15) is 11.1 Å². The predicted octanol–water partition coefficient (Wildman–Crippen LogP) is 3.65. The highest BCUT2D eigenvalue weighted by atomic mass is 79.9. The number of rotatable bonds is 5. The van der Waals surface area contributed by atoms with Crippen molar-refractivity contribution in [2.24, 2.45) is 0 Å². The number of nitrogens with zero attached hydrogens (tertiary/aromatic N) is 2. The third kappa shape index (κ3) is 3.65. The first-order valence-electron chi connectivity index (χ1n) is 5.68. The lowest BCUT2D eigenvalue weighted by atomic mass is 10.1. The van der Waals surface area contributed by atoms with Gasteiger partial charge < -0.3 is 10.1 Å². The number of anilines is 1. The minimum Gasteiger partial charge on any atom is -0.380 e. The summed E-state index contributed by atoms with van der Waals surface area (Å²) in [4.78, 5) is 8.03. The fourth-order valence-corrected chi connectivity index (χ4v) is 2.15. The monoisotopic (exact) mass is 341 g/mol. The molecule has 1 heterocycles. The molecule has 0 aliphatic heterocycles. The van der Waals surface area contributed by atoms with Gasteiger partial charge in [0.15, 0.2) is 0 Å². The zero-order chi connectivity index (χ0) is 13.7. The number of methoxy groups -OCH3 is 1. The number of nitrogens with one attached hydrogen (secondary N) is 1. The molecule has 0 saturated heterocycles. The van der Waals surface area contributed by atoms with Crippen molar-refractivity contribution in [3.8, 4) is 0 Å². The van der Waals surface area contributed by atoms with E-state index in [0.717, 1.165) is 11.1 Å². The number of ether oxygens (including phenoxy) is 1. The smallest absolute Gasteiger partial charge is 0.148 e. The molecule has 100 valence electrons. The Morgan fingerprint density at radius 3 is 2.74 bits per heavy atom. The van der Waals surface area contributed by atoms with E-state index in [0.29, 0.717) is 28.6 Å². The van der Waals surface area contributed by atoms with Crippen LogP contribution < -0.4 is 5.32 Å². The van der Waals surface area contributed by atoms with Gasteiger partial charge in [-0.15, -0.1) is 0 Å². The lowest BCUT2D eigenvalue weighted by molar-refractivity contribution is 0.184. The summed E-state index contributed by atoms with van der Waals surface area (Å²) in [6, 6.07) is 8.09. The van der Waals surface area contributed by atoms with E-state index in [1.165, 1.54) is 6.33 Å². The molecule has 0 aliphatic rings. The lowest BCUT2D eigenvalue weighted by Crippen LogP contribution is -2.05. The highest BCUT2D eigenvalue weighted by Gasteiger charge is 2.07. The van der Waals surface area contributed by atoms with Crippen molar-refractivity contribution in [3.05, 3.63) is 51.3 Å². The first kappa shape index (κ1) is 14.2. The summed E-state index contributed by atoms with van der Waals surface area (Å²) in [7, 11) is 1.69. The highest BCUT2D eigenvalue weighted by Crippen LogP contribution is 2.26. The van der Waals surface area contributed by atoms with Crippen LogP contribution in [0.3, 0.4) is 0 Å². The Hall–Kier alpha value is -1.17. The summed E-state index contributed by atoms with van der Waals surface area (Å²) in [5.41, 5.74) is 2.31. The van der Waals surface area contributed by atoms with E-state index < -0.39 is 0 Å². The van der Waals surface area contributed by atoms with Gasteiger partial charge in [-0.25, -0.2) is 9.97 Å². The molecule has 4 nitrogen and oxygen atoms in total. The van der Waals surface area contributed by atoms with Gasteiger partial charge >= 0.3 is 0 Å². The minimum absolute atomic E-state index is 0.391. The van der Waals surface area contributed by atoms with Gasteiger partial charge in [0.2, 0.25) is 0 Å². The van der Waals surface area contributed by atoms with Crippen LogP contribution in [0.2, 0.25) is 5.15 Å². The molecule has 0 amide bonds.